The van der Waals surface area contributed by atoms with Crippen LogP contribution in [0.2, 0.25) is 0 Å². The van der Waals surface area contributed by atoms with Crippen LogP contribution in [-0.2, 0) is 24.2 Å². The van der Waals surface area contributed by atoms with Crippen molar-refractivity contribution in [2.75, 3.05) is 6.61 Å². The quantitative estimate of drug-likeness (QED) is 0.342. The van der Waals surface area contributed by atoms with Crippen molar-refractivity contribution in [3.63, 3.8) is 0 Å². The molecule has 1 fully saturated rings. The predicted molar refractivity (Wildman–Crippen MR) is 134 cm³/mol. The first-order valence-electron chi connectivity index (χ1n) is 12.0. The Bertz CT molecular complexity index is 1120. The van der Waals surface area contributed by atoms with Crippen molar-refractivity contribution >= 4 is 5.97 Å². The van der Waals surface area contributed by atoms with Crippen molar-refractivity contribution < 1.29 is 19.7 Å². The van der Waals surface area contributed by atoms with E-state index in [1.807, 2.05) is 30.3 Å². The van der Waals surface area contributed by atoms with Crippen molar-refractivity contribution in [3.05, 3.63) is 89.0 Å². The summed E-state index contributed by atoms with van der Waals surface area (Å²) in [6.45, 7) is 0.428. The molecule has 3 aromatic carbocycles. The third-order valence-corrected chi connectivity index (χ3v) is 6.39. The van der Waals surface area contributed by atoms with Crippen LogP contribution in [0.3, 0.4) is 0 Å². The minimum Gasteiger partial charge on any atom is -0.489 e. The Kier molecular flexibility index (Phi) is 7.99. The van der Waals surface area contributed by atoms with E-state index >= 15 is 0 Å². The number of ether oxygens (including phenoxy) is 1. The van der Waals surface area contributed by atoms with E-state index < -0.39 is 5.97 Å². The summed E-state index contributed by atoms with van der Waals surface area (Å²) in [5.41, 5.74) is 12.5. The molecule has 5 heteroatoms. The summed E-state index contributed by atoms with van der Waals surface area (Å²) in [6, 6.07) is 21.9. The van der Waals surface area contributed by atoms with Crippen LogP contribution in [0.25, 0.3) is 11.1 Å². The number of aliphatic carboxylic acids is 1. The standard InChI is InChI=1S/C29H33NO4/c30-27(12-13-31)24-6-3-5-23(17-24)26-15-21(11-10-20-8-9-20)14-22(16-26)19-34-28-7-2-1-4-25(28)18-29(32)33/h1-7,14-17,20,27,31H,8-13,18-19,30H2,(H,32,33)/t27-/m1/s1. The second kappa shape index (κ2) is 11.3. The van der Waals surface area contributed by atoms with Gasteiger partial charge >= 0.3 is 5.97 Å². The molecule has 0 saturated heterocycles. The SMILES string of the molecule is N[C@H](CCO)c1cccc(-c2cc(CCC3CC3)cc(COc3ccccc3CC(=O)O)c2)c1. The van der Waals surface area contributed by atoms with Crippen LogP contribution >= 0.6 is 0 Å². The van der Waals surface area contributed by atoms with Crippen molar-refractivity contribution in [3.8, 4) is 16.9 Å². The number of aliphatic hydroxyl groups is 1. The fourth-order valence-corrected chi connectivity index (χ4v) is 4.30. The number of aliphatic hydroxyl groups excluding tert-OH is 1. The van der Waals surface area contributed by atoms with Gasteiger partial charge in [0.25, 0.3) is 0 Å². The van der Waals surface area contributed by atoms with Gasteiger partial charge in [-0.3, -0.25) is 4.79 Å². The first kappa shape index (κ1) is 24.0. The second-order valence-electron chi connectivity index (χ2n) is 9.23. The molecule has 0 unspecified atom stereocenters. The van der Waals surface area contributed by atoms with Gasteiger partial charge in [-0.05, 0) is 71.2 Å². The summed E-state index contributed by atoms with van der Waals surface area (Å²) in [6.07, 6.45) is 5.36. The van der Waals surface area contributed by atoms with Crippen LogP contribution in [0.4, 0.5) is 0 Å². The van der Waals surface area contributed by atoms with Crippen LogP contribution < -0.4 is 10.5 Å². The smallest absolute Gasteiger partial charge is 0.307 e. The zero-order valence-corrected chi connectivity index (χ0v) is 19.5. The van der Waals surface area contributed by atoms with E-state index in [0.717, 1.165) is 34.6 Å². The Labute approximate surface area is 201 Å². The van der Waals surface area contributed by atoms with Crippen molar-refractivity contribution in [1.29, 1.82) is 0 Å². The first-order chi connectivity index (χ1) is 16.5. The first-order valence-corrected chi connectivity index (χ1v) is 12.0. The number of hydrogen-bond donors (Lipinski definition) is 3. The van der Waals surface area contributed by atoms with E-state index in [-0.39, 0.29) is 19.1 Å². The molecule has 1 saturated carbocycles. The molecule has 3 aromatic rings. The van der Waals surface area contributed by atoms with Crippen molar-refractivity contribution in [2.24, 2.45) is 11.7 Å². The highest BCUT2D eigenvalue weighted by Gasteiger charge is 2.21. The van der Waals surface area contributed by atoms with E-state index in [4.69, 9.17) is 10.5 Å². The van der Waals surface area contributed by atoms with Gasteiger partial charge in [0.1, 0.15) is 12.4 Å². The molecule has 0 bridgehead atoms. The van der Waals surface area contributed by atoms with E-state index in [9.17, 15) is 15.0 Å². The van der Waals surface area contributed by atoms with Gasteiger partial charge in [0, 0.05) is 18.2 Å². The van der Waals surface area contributed by atoms with E-state index in [0.29, 0.717) is 24.3 Å². The molecule has 178 valence electrons. The summed E-state index contributed by atoms with van der Waals surface area (Å²) in [5.74, 6) is 0.581. The summed E-state index contributed by atoms with van der Waals surface area (Å²) in [4.78, 5) is 11.2. The van der Waals surface area contributed by atoms with Crippen LogP contribution in [0.1, 0.15) is 54.0 Å². The molecular formula is C29H33NO4. The number of carboxylic acid groups (broad SMARTS) is 1. The number of rotatable bonds is 12. The van der Waals surface area contributed by atoms with Gasteiger partial charge in [-0.25, -0.2) is 0 Å². The maximum atomic E-state index is 11.2. The van der Waals surface area contributed by atoms with Crippen LogP contribution in [0.15, 0.2) is 66.7 Å². The highest BCUT2D eigenvalue weighted by Crippen LogP contribution is 2.34. The lowest BCUT2D eigenvalue weighted by atomic mass is 9.94. The summed E-state index contributed by atoms with van der Waals surface area (Å²) < 4.78 is 6.09. The van der Waals surface area contributed by atoms with Crippen LogP contribution in [-0.4, -0.2) is 22.8 Å². The molecule has 0 aromatic heterocycles. The summed E-state index contributed by atoms with van der Waals surface area (Å²) in [5, 5.41) is 18.5. The molecule has 0 radical (unpaired) electrons. The monoisotopic (exact) mass is 459 g/mol. The highest BCUT2D eigenvalue weighted by atomic mass is 16.5. The Morgan fingerprint density at radius 1 is 1.00 bits per heavy atom. The lowest BCUT2D eigenvalue weighted by Crippen LogP contribution is -2.11. The Balaban J connectivity index is 1.59. The van der Waals surface area contributed by atoms with Crippen LogP contribution in [0.5, 0.6) is 5.75 Å². The molecule has 0 spiro atoms. The normalized spacial score (nSPS) is 14.1. The van der Waals surface area contributed by atoms with Gasteiger partial charge in [-0.1, -0.05) is 61.4 Å². The number of para-hydroxylation sites is 1. The molecule has 1 atom stereocenters. The molecule has 5 nitrogen and oxygen atoms in total. The second-order valence-corrected chi connectivity index (χ2v) is 9.23. The zero-order valence-electron chi connectivity index (χ0n) is 19.5. The number of carboxylic acids is 1. The predicted octanol–water partition coefficient (Wildman–Crippen LogP) is 5.28. The lowest BCUT2D eigenvalue weighted by molar-refractivity contribution is -0.136. The number of nitrogens with two attached hydrogens (primary N) is 1. The minimum atomic E-state index is -0.875. The van der Waals surface area contributed by atoms with Gasteiger partial charge in [0.2, 0.25) is 0 Å². The summed E-state index contributed by atoms with van der Waals surface area (Å²) in [7, 11) is 0. The molecule has 0 amide bonds. The van der Waals surface area contributed by atoms with E-state index in [1.165, 1.54) is 24.8 Å². The largest absolute Gasteiger partial charge is 0.489 e. The number of aryl methyl sites for hydroxylation is 1. The van der Waals surface area contributed by atoms with Crippen molar-refractivity contribution in [2.45, 2.75) is 51.2 Å². The summed E-state index contributed by atoms with van der Waals surface area (Å²) >= 11 is 0. The fourth-order valence-electron chi connectivity index (χ4n) is 4.30. The average molecular weight is 460 g/mol. The Morgan fingerprint density at radius 3 is 2.56 bits per heavy atom. The number of carbonyl (C=O) groups is 1. The van der Waals surface area contributed by atoms with Gasteiger partial charge in [-0.15, -0.1) is 0 Å². The molecule has 1 aliphatic carbocycles. The zero-order chi connectivity index (χ0) is 23.9. The molecule has 34 heavy (non-hydrogen) atoms. The third-order valence-electron chi connectivity index (χ3n) is 6.39. The van der Waals surface area contributed by atoms with Gasteiger partial charge < -0.3 is 20.7 Å². The highest BCUT2D eigenvalue weighted by molar-refractivity contribution is 5.71. The molecule has 0 heterocycles. The number of hydrogen-bond acceptors (Lipinski definition) is 4. The molecular weight excluding hydrogens is 426 g/mol. The molecule has 4 N–H and O–H groups in total. The maximum absolute atomic E-state index is 11.2. The number of benzene rings is 3. The van der Waals surface area contributed by atoms with Gasteiger partial charge in [0.05, 0.1) is 6.42 Å². The molecule has 1 aliphatic rings. The maximum Gasteiger partial charge on any atom is 0.307 e. The molecule has 4 rings (SSSR count). The minimum absolute atomic E-state index is 0.0624. The third kappa shape index (κ3) is 6.69. The average Bonchev–Trinajstić information content (AvgIpc) is 3.67. The van der Waals surface area contributed by atoms with Crippen molar-refractivity contribution in [1.82, 2.24) is 0 Å². The lowest BCUT2D eigenvalue weighted by Gasteiger charge is -2.15. The van der Waals surface area contributed by atoms with E-state index in [1.54, 1.807) is 6.07 Å². The topological polar surface area (TPSA) is 92.8 Å². The van der Waals surface area contributed by atoms with E-state index in [2.05, 4.69) is 30.3 Å². The van der Waals surface area contributed by atoms with Gasteiger partial charge in [-0.2, -0.15) is 0 Å². The Morgan fingerprint density at radius 2 is 1.79 bits per heavy atom. The van der Waals surface area contributed by atoms with Gasteiger partial charge in [0.15, 0.2) is 0 Å². The van der Waals surface area contributed by atoms with Crippen LogP contribution in [0, 0.1) is 5.92 Å². The molecule has 0 aliphatic heterocycles. The Hall–Kier alpha value is -3.15. The fraction of sp³-hybridized carbons (Fsp3) is 0.345.